The van der Waals surface area contributed by atoms with Crippen molar-refractivity contribution in [2.45, 2.75) is 18.7 Å². The normalized spacial score (nSPS) is 11.6. The lowest BCUT2D eigenvalue weighted by molar-refractivity contribution is 0.358. The SMILES string of the molecule is Cc1ccc(S(=O)(=O)CO)c(C)c1. The first-order valence-electron chi connectivity index (χ1n) is 3.88. The highest BCUT2D eigenvalue weighted by molar-refractivity contribution is 7.91. The molecule has 0 heterocycles. The van der Waals surface area contributed by atoms with Gasteiger partial charge in [-0.3, -0.25) is 0 Å². The van der Waals surface area contributed by atoms with Crippen LogP contribution in [0, 0.1) is 13.8 Å². The minimum absolute atomic E-state index is 0.209. The zero-order chi connectivity index (χ0) is 10.1. The first-order valence-corrected chi connectivity index (χ1v) is 5.53. The van der Waals surface area contributed by atoms with Crippen LogP contribution in [0.1, 0.15) is 11.1 Å². The molecular weight excluding hydrogens is 188 g/mol. The first kappa shape index (κ1) is 10.2. The molecule has 0 radical (unpaired) electrons. The van der Waals surface area contributed by atoms with Gasteiger partial charge in [0.25, 0.3) is 0 Å². The van der Waals surface area contributed by atoms with Crippen LogP contribution in [0.3, 0.4) is 0 Å². The first-order chi connectivity index (χ1) is 5.97. The summed E-state index contributed by atoms with van der Waals surface area (Å²) in [6.45, 7) is 3.61. The monoisotopic (exact) mass is 200 g/mol. The lowest BCUT2D eigenvalue weighted by Crippen LogP contribution is -2.07. The largest absolute Gasteiger partial charge is 0.380 e. The Morgan fingerprint density at radius 2 is 1.92 bits per heavy atom. The van der Waals surface area contributed by atoms with Crippen LogP contribution in [0.15, 0.2) is 23.1 Å². The maximum absolute atomic E-state index is 11.3. The predicted octanol–water partition coefficient (Wildman–Crippen LogP) is 1.03. The van der Waals surface area contributed by atoms with Crippen molar-refractivity contribution in [3.63, 3.8) is 0 Å². The summed E-state index contributed by atoms with van der Waals surface area (Å²) in [4.78, 5) is 0.209. The van der Waals surface area contributed by atoms with Crippen LogP contribution >= 0.6 is 0 Å². The second-order valence-electron chi connectivity index (χ2n) is 3.01. The molecule has 0 aromatic heterocycles. The fourth-order valence-electron chi connectivity index (χ4n) is 1.22. The van der Waals surface area contributed by atoms with Crippen LogP contribution in [0.2, 0.25) is 0 Å². The Kier molecular flexibility index (Phi) is 2.73. The van der Waals surface area contributed by atoms with E-state index in [0.29, 0.717) is 5.56 Å². The summed E-state index contributed by atoms with van der Waals surface area (Å²) in [5.41, 5.74) is 1.68. The lowest BCUT2D eigenvalue weighted by atomic mass is 10.2. The fraction of sp³-hybridized carbons (Fsp3) is 0.333. The quantitative estimate of drug-likeness (QED) is 0.775. The Balaban J connectivity index is 3.33. The van der Waals surface area contributed by atoms with Crippen LogP contribution in [0.4, 0.5) is 0 Å². The molecule has 0 aliphatic rings. The summed E-state index contributed by atoms with van der Waals surface area (Å²) in [7, 11) is -3.49. The van der Waals surface area contributed by atoms with Crippen molar-refractivity contribution in [1.29, 1.82) is 0 Å². The third kappa shape index (κ3) is 2.08. The number of hydrogen-bond donors (Lipinski definition) is 1. The van der Waals surface area contributed by atoms with Gasteiger partial charge in [-0.05, 0) is 25.5 Å². The van der Waals surface area contributed by atoms with Crippen LogP contribution in [-0.4, -0.2) is 19.5 Å². The van der Waals surface area contributed by atoms with Crippen LogP contribution in [-0.2, 0) is 9.84 Å². The predicted molar refractivity (Wildman–Crippen MR) is 50.2 cm³/mol. The minimum Gasteiger partial charge on any atom is -0.380 e. The van der Waals surface area contributed by atoms with Crippen molar-refractivity contribution in [2.75, 3.05) is 5.94 Å². The third-order valence-electron chi connectivity index (χ3n) is 1.84. The molecule has 0 spiro atoms. The number of rotatable bonds is 2. The Bertz CT molecular complexity index is 407. The van der Waals surface area contributed by atoms with Gasteiger partial charge in [-0.15, -0.1) is 0 Å². The van der Waals surface area contributed by atoms with E-state index in [2.05, 4.69) is 0 Å². The highest BCUT2D eigenvalue weighted by Gasteiger charge is 2.14. The molecule has 0 saturated heterocycles. The Morgan fingerprint density at radius 3 is 2.38 bits per heavy atom. The molecule has 1 N–H and O–H groups in total. The lowest BCUT2D eigenvalue weighted by Gasteiger charge is -2.05. The van der Waals surface area contributed by atoms with Crippen LogP contribution in [0.5, 0.6) is 0 Å². The molecule has 3 nitrogen and oxygen atoms in total. The van der Waals surface area contributed by atoms with Crippen molar-refractivity contribution in [1.82, 2.24) is 0 Å². The van der Waals surface area contributed by atoms with Gasteiger partial charge in [0, 0.05) is 0 Å². The number of aliphatic hydroxyl groups is 1. The standard InChI is InChI=1S/C9H12O3S/c1-7-3-4-9(8(2)5-7)13(11,12)6-10/h3-5,10H,6H2,1-2H3. The molecule has 0 unspecified atom stereocenters. The number of aliphatic hydroxyl groups excluding tert-OH is 1. The van der Waals surface area contributed by atoms with Gasteiger partial charge in [0.1, 0.15) is 5.94 Å². The molecule has 0 atom stereocenters. The van der Waals surface area contributed by atoms with Crippen molar-refractivity contribution < 1.29 is 13.5 Å². The molecular formula is C9H12O3S. The molecule has 0 bridgehead atoms. The van der Waals surface area contributed by atoms with E-state index in [1.165, 1.54) is 6.07 Å². The highest BCUT2D eigenvalue weighted by atomic mass is 32.2. The Hall–Kier alpha value is -0.870. The third-order valence-corrected chi connectivity index (χ3v) is 3.30. The second-order valence-corrected chi connectivity index (χ2v) is 4.94. The summed E-state index contributed by atoms with van der Waals surface area (Å²) in [5.74, 6) is -0.836. The number of sulfone groups is 1. The van der Waals surface area contributed by atoms with Gasteiger partial charge in [-0.2, -0.15) is 0 Å². The maximum Gasteiger partial charge on any atom is 0.202 e. The smallest absolute Gasteiger partial charge is 0.202 e. The van der Waals surface area contributed by atoms with Crippen molar-refractivity contribution >= 4 is 9.84 Å². The summed E-state index contributed by atoms with van der Waals surface area (Å²) >= 11 is 0. The van der Waals surface area contributed by atoms with Crippen LogP contribution in [0.25, 0.3) is 0 Å². The van der Waals surface area contributed by atoms with Gasteiger partial charge in [-0.25, -0.2) is 8.42 Å². The molecule has 1 aromatic carbocycles. The molecule has 0 aliphatic carbocycles. The topological polar surface area (TPSA) is 54.4 Å². The van der Waals surface area contributed by atoms with Crippen molar-refractivity contribution in [3.05, 3.63) is 29.3 Å². The van der Waals surface area contributed by atoms with E-state index in [1.54, 1.807) is 19.1 Å². The molecule has 13 heavy (non-hydrogen) atoms. The van der Waals surface area contributed by atoms with Crippen LogP contribution < -0.4 is 0 Å². The number of benzene rings is 1. The summed E-state index contributed by atoms with van der Waals surface area (Å²) in [6.07, 6.45) is 0. The van der Waals surface area contributed by atoms with E-state index in [1.807, 2.05) is 6.92 Å². The van der Waals surface area contributed by atoms with Crippen molar-refractivity contribution in [3.8, 4) is 0 Å². The van der Waals surface area contributed by atoms with Crippen molar-refractivity contribution in [2.24, 2.45) is 0 Å². The molecule has 1 rings (SSSR count). The summed E-state index contributed by atoms with van der Waals surface area (Å²) in [5, 5.41) is 8.65. The Morgan fingerprint density at radius 1 is 1.31 bits per heavy atom. The van der Waals surface area contributed by atoms with E-state index in [4.69, 9.17) is 5.11 Å². The van der Waals surface area contributed by atoms with E-state index in [0.717, 1.165) is 5.56 Å². The van der Waals surface area contributed by atoms with E-state index in [9.17, 15) is 8.42 Å². The fourth-order valence-corrected chi connectivity index (χ4v) is 2.18. The average molecular weight is 200 g/mol. The van der Waals surface area contributed by atoms with Gasteiger partial charge < -0.3 is 5.11 Å². The molecule has 0 amide bonds. The van der Waals surface area contributed by atoms with E-state index >= 15 is 0 Å². The van der Waals surface area contributed by atoms with Gasteiger partial charge in [-0.1, -0.05) is 17.7 Å². The summed E-state index contributed by atoms with van der Waals surface area (Å²) < 4.78 is 22.6. The molecule has 0 saturated carbocycles. The van der Waals surface area contributed by atoms with Gasteiger partial charge in [0.05, 0.1) is 4.90 Å². The zero-order valence-corrected chi connectivity index (χ0v) is 8.43. The highest BCUT2D eigenvalue weighted by Crippen LogP contribution is 2.16. The maximum atomic E-state index is 11.3. The van der Waals surface area contributed by atoms with Gasteiger partial charge in [0.15, 0.2) is 0 Å². The molecule has 4 heteroatoms. The molecule has 0 fully saturated rings. The minimum atomic E-state index is -3.49. The molecule has 0 aliphatic heterocycles. The van der Waals surface area contributed by atoms with E-state index < -0.39 is 15.8 Å². The molecule has 1 aromatic rings. The number of hydrogen-bond acceptors (Lipinski definition) is 3. The summed E-state index contributed by atoms with van der Waals surface area (Å²) in [6, 6.07) is 5.02. The Labute approximate surface area is 77.9 Å². The second kappa shape index (κ2) is 3.47. The zero-order valence-electron chi connectivity index (χ0n) is 7.61. The van der Waals surface area contributed by atoms with Gasteiger partial charge in [0.2, 0.25) is 9.84 Å². The number of aryl methyl sites for hydroxylation is 2. The average Bonchev–Trinajstić information content (AvgIpc) is 2.03. The molecule has 72 valence electrons. The van der Waals surface area contributed by atoms with Gasteiger partial charge >= 0.3 is 0 Å². The van der Waals surface area contributed by atoms with E-state index in [-0.39, 0.29) is 4.90 Å².